The fourth-order valence-corrected chi connectivity index (χ4v) is 3.26. The second-order valence-corrected chi connectivity index (χ2v) is 6.71. The summed E-state index contributed by atoms with van der Waals surface area (Å²) in [5, 5.41) is 3.76. The van der Waals surface area contributed by atoms with Gasteiger partial charge in [0.25, 0.3) is 5.91 Å². The number of piperidine rings is 1. The maximum atomic E-state index is 12.2. The average Bonchev–Trinajstić information content (AvgIpc) is 3.15. The molecule has 132 valence electrons. The number of likely N-dealkylation sites (tertiary alicyclic amines) is 1. The third-order valence-electron chi connectivity index (χ3n) is 4.45. The van der Waals surface area contributed by atoms with E-state index in [4.69, 9.17) is 16.0 Å². The highest BCUT2D eigenvalue weighted by atomic mass is 35.5. The van der Waals surface area contributed by atoms with Gasteiger partial charge >= 0.3 is 0 Å². The molecule has 3 rings (SSSR count). The maximum absolute atomic E-state index is 12.2. The van der Waals surface area contributed by atoms with Crippen molar-refractivity contribution in [1.82, 2.24) is 10.2 Å². The minimum atomic E-state index is -0.0144. The molecule has 0 saturated carbocycles. The number of halogens is 1. The van der Waals surface area contributed by atoms with E-state index in [1.54, 1.807) is 11.0 Å². The Hall–Kier alpha value is -2.27. The topological polar surface area (TPSA) is 62.6 Å². The van der Waals surface area contributed by atoms with Crippen LogP contribution >= 0.6 is 11.6 Å². The number of furan rings is 1. The van der Waals surface area contributed by atoms with Gasteiger partial charge in [-0.3, -0.25) is 9.59 Å². The monoisotopic (exact) mass is 360 g/mol. The van der Waals surface area contributed by atoms with Crippen LogP contribution in [0.15, 0.2) is 47.3 Å². The molecule has 1 fully saturated rings. The number of benzene rings is 1. The molecule has 1 N–H and O–H groups in total. The Kier molecular flexibility index (Phi) is 5.76. The lowest BCUT2D eigenvalue weighted by atomic mass is 10.0. The molecule has 0 bridgehead atoms. The number of amides is 2. The number of nitrogens with zero attached hydrogens (tertiary/aromatic N) is 1. The van der Waals surface area contributed by atoms with Crippen LogP contribution in [0.2, 0.25) is 5.02 Å². The van der Waals surface area contributed by atoms with E-state index in [-0.39, 0.29) is 17.9 Å². The molecule has 0 aliphatic carbocycles. The molecule has 1 aliphatic rings. The van der Waals surface area contributed by atoms with Crippen LogP contribution in [0.1, 0.15) is 35.2 Å². The minimum absolute atomic E-state index is 0.0144. The van der Waals surface area contributed by atoms with Gasteiger partial charge in [-0.15, -0.1) is 0 Å². The summed E-state index contributed by atoms with van der Waals surface area (Å²) in [7, 11) is 0. The summed E-state index contributed by atoms with van der Waals surface area (Å²) in [4.78, 5) is 26.2. The predicted molar refractivity (Wildman–Crippen MR) is 95.5 cm³/mol. The number of aryl methyl sites for hydroxylation is 1. The molecule has 6 heteroatoms. The van der Waals surface area contributed by atoms with Crippen molar-refractivity contribution >= 4 is 23.4 Å². The van der Waals surface area contributed by atoms with Gasteiger partial charge in [-0.25, -0.2) is 0 Å². The van der Waals surface area contributed by atoms with E-state index in [0.29, 0.717) is 36.5 Å². The predicted octanol–water partition coefficient (Wildman–Crippen LogP) is 3.29. The summed E-state index contributed by atoms with van der Waals surface area (Å²) in [5.41, 5.74) is 1.63. The van der Waals surface area contributed by atoms with E-state index < -0.39 is 0 Å². The Balaban J connectivity index is 1.41. The number of carbonyl (C=O) groups excluding carboxylic acids is 2. The second kappa shape index (κ2) is 8.21. The first-order chi connectivity index (χ1) is 12.1. The summed E-state index contributed by atoms with van der Waals surface area (Å²) < 4.78 is 4.96. The van der Waals surface area contributed by atoms with Crippen LogP contribution in [0.4, 0.5) is 0 Å². The van der Waals surface area contributed by atoms with Crippen LogP contribution in [0.3, 0.4) is 0 Å². The lowest BCUT2D eigenvalue weighted by Crippen LogP contribution is -2.46. The van der Waals surface area contributed by atoms with E-state index in [1.165, 1.54) is 12.5 Å². The maximum Gasteiger partial charge on any atom is 0.257 e. The molecule has 1 aliphatic heterocycles. The zero-order valence-electron chi connectivity index (χ0n) is 13.9. The number of hydrogen-bond donors (Lipinski definition) is 1. The quantitative estimate of drug-likeness (QED) is 0.890. The van der Waals surface area contributed by atoms with Crippen LogP contribution in [0, 0.1) is 0 Å². The Morgan fingerprint density at radius 1 is 1.24 bits per heavy atom. The number of rotatable bonds is 5. The smallest absolute Gasteiger partial charge is 0.257 e. The zero-order valence-corrected chi connectivity index (χ0v) is 14.7. The molecule has 2 aromatic rings. The summed E-state index contributed by atoms with van der Waals surface area (Å²) in [6.45, 7) is 1.28. The van der Waals surface area contributed by atoms with Crippen LogP contribution in [-0.4, -0.2) is 35.8 Å². The Labute approximate surface area is 151 Å². The van der Waals surface area contributed by atoms with E-state index in [1.807, 2.05) is 24.3 Å². The van der Waals surface area contributed by atoms with Gasteiger partial charge in [-0.1, -0.05) is 23.7 Å². The third kappa shape index (κ3) is 4.86. The molecule has 1 aromatic heterocycles. The third-order valence-corrected chi connectivity index (χ3v) is 4.68. The Morgan fingerprint density at radius 2 is 2.04 bits per heavy atom. The van der Waals surface area contributed by atoms with Crippen molar-refractivity contribution in [3.8, 4) is 0 Å². The lowest BCUT2D eigenvalue weighted by Gasteiger charge is -2.32. The van der Waals surface area contributed by atoms with Crippen LogP contribution in [-0.2, 0) is 11.2 Å². The van der Waals surface area contributed by atoms with Crippen molar-refractivity contribution in [2.45, 2.75) is 31.7 Å². The summed E-state index contributed by atoms with van der Waals surface area (Å²) in [5.74, 6) is 0.0269. The highest BCUT2D eigenvalue weighted by Crippen LogP contribution is 2.15. The van der Waals surface area contributed by atoms with Gasteiger partial charge in [-0.2, -0.15) is 0 Å². The van der Waals surface area contributed by atoms with E-state index in [2.05, 4.69) is 5.32 Å². The fraction of sp³-hybridized carbons (Fsp3) is 0.368. The van der Waals surface area contributed by atoms with Crippen LogP contribution < -0.4 is 5.32 Å². The lowest BCUT2D eigenvalue weighted by molar-refractivity contribution is -0.122. The largest absolute Gasteiger partial charge is 0.472 e. The molecule has 1 aromatic carbocycles. The van der Waals surface area contributed by atoms with Crippen molar-refractivity contribution in [3.63, 3.8) is 0 Å². The van der Waals surface area contributed by atoms with E-state index in [9.17, 15) is 9.59 Å². The average molecular weight is 361 g/mol. The minimum Gasteiger partial charge on any atom is -0.472 e. The van der Waals surface area contributed by atoms with Gasteiger partial charge < -0.3 is 14.6 Å². The Morgan fingerprint density at radius 3 is 2.72 bits per heavy atom. The first-order valence-electron chi connectivity index (χ1n) is 8.47. The van der Waals surface area contributed by atoms with Crippen LogP contribution in [0.25, 0.3) is 0 Å². The molecule has 0 unspecified atom stereocenters. The Bertz CT molecular complexity index is 722. The van der Waals surface area contributed by atoms with Crippen molar-refractivity contribution in [3.05, 3.63) is 59.0 Å². The summed E-state index contributed by atoms with van der Waals surface area (Å²) in [6.07, 6.45) is 5.61. The van der Waals surface area contributed by atoms with Crippen molar-refractivity contribution in [1.29, 1.82) is 0 Å². The molecular weight excluding hydrogens is 340 g/mol. The van der Waals surface area contributed by atoms with Gasteiger partial charge in [0, 0.05) is 30.6 Å². The molecule has 2 heterocycles. The van der Waals surface area contributed by atoms with E-state index in [0.717, 1.165) is 18.4 Å². The first kappa shape index (κ1) is 17.5. The number of hydrogen-bond acceptors (Lipinski definition) is 3. The SMILES string of the molecule is O=C(CCc1cccc(Cl)c1)NC1CCN(C(=O)c2ccoc2)CC1. The standard InChI is InChI=1S/C19H21ClN2O3/c20-16-3-1-2-14(12-16)4-5-18(23)21-17-6-9-22(10-7-17)19(24)15-8-11-25-13-15/h1-3,8,11-13,17H,4-7,9-10H2,(H,21,23). The summed E-state index contributed by atoms with van der Waals surface area (Å²) in [6, 6.07) is 9.37. The number of carbonyl (C=O) groups is 2. The van der Waals surface area contributed by atoms with Crippen molar-refractivity contribution in [2.75, 3.05) is 13.1 Å². The molecule has 2 amide bonds. The zero-order chi connectivity index (χ0) is 17.6. The molecule has 25 heavy (non-hydrogen) atoms. The van der Waals surface area contributed by atoms with Gasteiger partial charge in [0.05, 0.1) is 11.8 Å². The molecule has 0 radical (unpaired) electrons. The van der Waals surface area contributed by atoms with Gasteiger partial charge in [0.15, 0.2) is 0 Å². The van der Waals surface area contributed by atoms with Crippen molar-refractivity contribution < 1.29 is 14.0 Å². The first-order valence-corrected chi connectivity index (χ1v) is 8.85. The number of nitrogens with one attached hydrogen (secondary N) is 1. The molecular formula is C19H21ClN2O3. The van der Waals surface area contributed by atoms with Gasteiger partial charge in [-0.05, 0) is 43.0 Å². The van der Waals surface area contributed by atoms with Crippen molar-refractivity contribution in [2.24, 2.45) is 0 Å². The fourth-order valence-electron chi connectivity index (χ4n) is 3.05. The summed E-state index contributed by atoms with van der Waals surface area (Å²) >= 11 is 5.95. The highest BCUT2D eigenvalue weighted by Gasteiger charge is 2.24. The van der Waals surface area contributed by atoms with E-state index >= 15 is 0 Å². The van der Waals surface area contributed by atoms with Gasteiger partial charge in [0.1, 0.15) is 6.26 Å². The van der Waals surface area contributed by atoms with Crippen LogP contribution in [0.5, 0.6) is 0 Å². The van der Waals surface area contributed by atoms with Gasteiger partial charge in [0.2, 0.25) is 5.91 Å². The normalized spacial score (nSPS) is 15.2. The molecule has 1 saturated heterocycles. The highest BCUT2D eigenvalue weighted by molar-refractivity contribution is 6.30. The second-order valence-electron chi connectivity index (χ2n) is 6.28. The molecule has 0 spiro atoms. The molecule has 5 nitrogen and oxygen atoms in total. The molecule has 0 atom stereocenters.